The first-order valence-corrected chi connectivity index (χ1v) is 8.98. The zero-order chi connectivity index (χ0) is 17.5. The van der Waals surface area contributed by atoms with E-state index in [1.54, 1.807) is 12.1 Å². The Hall–Kier alpha value is -2.54. The molecule has 0 saturated carbocycles. The molecule has 0 fully saturated rings. The minimum Gasteiger partial charge on any atom is -0.441 e. The van der Waals surface area contributed by atoms with Crippen LogP contribution in [0, 0.1) is 27.7 Å². The fourth-order valence-electron chi connectivity index (χ4n) is 2.36. The van der Waals surface area contributed by atoms with Crippen LogP contribution in [0.15, 0.2) is 39.8 Å². The molecule has 0 radical (unpaired) electrons. The molecule has 0 bridgehead atoms. The fraction of sp³-hybridized carbons (Fsp3) is 0.235. The molecule has 126 valence electrons. The average Bonchev–Trinajstić information content (AvgIpc) is 3.12. The topological polar surface area (TPSA) is 88.0 Å². The van der Waals surface area contributed by atoms with E-state index in [0.717, 1.165) is 22.4 Å². The molecule has 0 aliphatic rings. The van der Waals surface area contributed by atoms with Gasteiger partial charge in [-0.3, -0.25) is 9.82 Å². The number of aromatic amines is 1. The molecular weight excluding hydrogens is 326 g/mol. The largest absolute Gasteiger partial charge is 0.441 e. The number of hydrogen-bond donors (Lipinski definition) is 2. The molecule has 2 N–H and O–H groups in total. The Morgan fingerprint density at radius 3 is 2.50 bits per heavy atom. The Labute approximate surface area is 141 Å². The maximum atomic E-state index is 12.6. The van der Waals surface area contributed by atoms with Crippen LogP contribution in [0.2, 0.25) is 0 Å². The van der Waals surface area contributed by atoms with Crippen LogP contribution in [0.1, 0.15) is 22.4 Å². The maximum Gasteiger partial charge on any atom is 0.295 e. The predicted octanol–water partition coefficient (Wildman–Crippen LogP) is 3.70. The number of H-pyrrole nitrogens is 1. The zero-order valence-corrected chi connectivity index (χ0v) is 14.8. The van der Waals surface area contributed by atoms with Crippen molar-refractivity contribution < 1.29 is 12.8 Å². The van der Waals surface area contributed by atoms with Gasteiger partial charge >= 0.3 is 0 Å². The summed E-state index contributed by atoms with van der Waals surface area (Å²) in [7, 11) is -3.80. The van der Waals surface area contributed by atoms with Crippen LogP contribution in [0.3, 0.4) is 0 Å². The van der Waals surface area contributed by atoms with Crippen molar-refractivity contribution >= 4 is 15.7 Å². The van der Waals surface area contributed by atoms with Gasteiger partial charge in [0.05, 0.1) is 5.69 Å². The van der Waals surface area contributed by atoms with Gasteiger partial charge in [-0.25, -0.2) is 0 Å². The average molecular weight is 345 g/mol. The first-order chi connectivity index (χ1) is 11.3. The van der Waals surface area contributed by atoms with Crippen LogP contribution in [0.4, 0.5) is 5.69 Å². The molecule has 0 atom stereocenters. The van der Waals surface area contributed by atoms with Gasteiger partial charge in [0, 0.05) is 11.3 Å². The summed E-state index contributed by atoms with van der Waals surface area (Å²) >= 11 is 0. The Kier molecular flexibility index (Phi) is 3.96. The molecule has 0 amide bonds. The second kappa shape index (κ2) is 5.83. The molecule has 2 aromatic heterocycles. The minimum absolute atomic E-state index is 0.140. The highest BCUT2D eigenvalue weighted by molar-refractivity contribution is 7.92. The molecule has 0 spiro atoms. The molecule has 7 heteroatoms. The standard InChI is InChI=1S/C17H19N3O3S/c1-10-5-6-11(2)14(9-10)20-24(21,22)16-8-7-15(23-16)17-12(3)13(4)18-19-17/h5-9,20H,1-4H3,(H,18,19). The van der Waals surface area contributed by atoms with Crippen molar-refractivity contribution in [3.63, 3.8) is 0 Å². The number of anilines is 1. The molecule has 2 heterocycles. The number of nitrogens with zero attached hydrogens (tertiary/aromatic N) is 1. The molecule has 3 aromatic rings. The molecule has 3 rings (SSSR count). The van der Waals surface area contributed by atoms with E-state index in [2.05, 4.69) is 14.9 Å². The molecule has 0 aliphatic heterocycles. The summed E-state index contributed by atoms with van der Waals surface area (Å²) in [6.45, 7) is 7.55. The summed E-state index contributed by atoms with van der Waals surface area (Å²) in [4.78, 5) is 0. The van der Waals surface area contributed by atoms with Gasteiger partial charge in [-0.15, -0.1) is 0 Å². The van der Waals surface area contributed by atoms with Crippen molar-refractivity contribution in [1.82, 2.24) is 10.2 Å². The third kappa shape index (κ3) is 2.94. The highest BCUT2D eigenvalue weighted by Crippen LogP contribution is 2.28. The van der Waals surface area contributed by atoms with Crippen LogP contribution < -0.4 is 4.72 Å². The third-order valence-electron chi connectivity index (χ3n) is 3.97. The number of furan rings is 1. The lowest BCUT2D eigenvalue weighted by Gasteiger charge is -2.09. The molecule has 0 aliphatic carbocycles. The number of nitrogens with one attached hydrogen (secondary N) is 2. The second-order valence-corrected chi connectivity index (χ2v) is 7.48. The van der Waals surface area contributed by atoms with Crippen molar-refractivity contribution in [2.24, 2.45) is 0 Å². The number of rotatable bonds is 4. The summed E-state index contributed by atoms with van der Waals surface area (Å²) in [5, 5.41) is 6.88. The van der Waals surface area contributed by atoms with Crippen molar-refractivity contribution in [2.75, 3.05) is 4.72 Å². The molecular formula is C17H19N3O3S. The van der Waals surface area contributed by atoms with Gasteiger partial charge in [0.2, 0.25) is 5.09 Å². The Bertz CT molecular complexity index is 1000. The van der Waals surface area contributed by atoms with E-state index in [1.807, 2.05) is 39.8 Å². The number of aryl methyl sites for hydroxylation is 3. The Morgan fingerprint density at radius 2 is 1.83 bits per heavy atom. The molecule has 24 heavy (non-hydrogen) atoms. The summed E-state index contributed by atoms with van der Waals surface area (Å²) < 4.78 is 33.3. The highest BCUT2D eigenvalue weighted by Gasteiger charge is 2.22. The molecule has 1 aromatic carbocycles. The Balaban J connectivity index is 1.94. The lowest BCUT2D eigenvalue weighted by molar-refractivity contribution is 0.461. The SMILES string of the molecule is Cc1ccc(C)c(NS(=O)(=O)c2ccc(-c3n[nH]c(C)c3C)o2)c1. The van der Waals surface area contributed by atoms with Gasteiger partial charge < -0.3 is 4.42 Å². The second-order valence-electron chi connectivity index (χ2n) is 5.86. The monoisotopic (exact) mass is 345 g/mol. The maximum absolute atomic E-state index is 12.6. The molecule has 6 nitrogen and oxygen atoms in total. The van der Waals surface area contributed by atoms with Crippen molar-refractivity contribution in [3.8, 4) is 11.5 Å². The number of benzene rings is 1. The molecule has 0 unspecified atom stereocenters. The van der Waals surface area contributed by atoms with E-state index >= 15 is 0 Å². The van der Waals surface area contributed by atoms with E-state index in [4.69, 9.17) is 4.42 Å². The summed E-state index contributed by atoms with van der Waals surface area (Å²) in [5.41, 5.74) is 4.81. The molecule has 0 saturated heterocycles. The highest BCUT2D eigenvalue weighted by atomic mass is 32.2. The van der Waals surface area contributed by atoms with Crippen molar-refractivity contribution in [1.29, 1.82) is 0 Å². The minimum atomic E-state index is -3.80. The van der Waals surface area contributed by atoms with E-state index < -0.39 is 10.0 Å². The zero-order valence-electron chi connectivity index (χ0n) is 14.0. The smallest absolute Gasteiger partial charge is 0.295 e. The van der Waals surface area contributed by atoms with Gasteiger partial charge in [-0.1, -0.05) is 12.1 Å². The van der Waals surface area contributed by atoms with Crippen LogP contribution in [-0.4, -0.2) is 18.6 Å². The van der Waals surface area contributed by atoms with Gasteiger partial charge in [-0.05, 0) is 57.0 Å². The lowest BCUT2D eigenvalue weighted by Crippen LogP contribution is -2.13. The van der Waals surface area contributed by atoms with Gasteiger partial charge in [0.15, 0.2) is 5.76 Å². The van der Waals surface area contributed by atoms with Crippen LogP contribution in [-0.2, 0) is 10.0 Å². The predicted molar refractivity (Wildman–Crippen MR) is 92.5 cm³/mol. The van der Waals surface area contributed by atoms with Gasteiger partial charge in [-0.2, -0.15) is 13.5 Å². The first kappa shape index (κ1) is 16.3. The quantitative estimate of drug-likeness (QED) is 0.754. The summed E-state index contributed by atoms with van der Waals surface area (Å²) in [5.74, 6) is 0.415. The number of hydrogen-bond acceptors (Lipinski definition) is 4. The fourth-order valence-corrected chi connectivity index (χ4v) is 3.41. The van der Waals surface area contributed by atoms with Crippen LogP contribution in [0.5, 0.6) is 0 Å². The van der Waals surface area contributed by atoms with Gasteiger partial charge in [0.25, 0.3) is 10.0 Å². The Morgan fingerprint density at radius 1 is 1.08 bits per heavy atom. The van der Waals surface area contributed by atoms with E-state index in [9.17, 15) is 8.42 Å². The van der Waals surface area contributed by atoms with Crippen molar-refractivity contribution in [2.45, 2.75) is 32.8 Å². The first-order valence-electron chi connectivity index (χ1n) is 7.50. The third-order valence-corrected chi connectivity index (χ3v) is 5.21. The van der Waals surface area contributed by atoms with E-state index in [1.165, 1.54) is 6.07 Å². The van der Waals surface area contributed by atoms with E-state index in [0.29, 0.717) is 17.1 Å². The summed E-state index contributed by atoms with van der Waals surface area (Å²) in [6, 6.07) is 8.64. The van der Waals surface area contributed by atoms with E-state index in [-0.39, 0.29) is 5.09 Å². The number of aromatic nitrogens is 2. The van der Waals surface area contributed by atoms with Crippen molar-refractivity contribution in [3.05, 3.63) is 52.7 Å². The number of sulfonamides is 1. The lowest BCUT2D eigenvalue weighted by atomic mass is 10.1. The van der Waals surface area contributed by atoms with Crippen LogP contribution >= 0.6 is 0 Å². The normalized spacial score (nSPS) is 11.7. The summed E-state index contributed by atoms with van der Waals surface area (Å²) in [6.07, 6.45) is 0. The van der Waals surface area contributed by atoms with Crippen LogP contribution in [0.25, 0.3) is 11.5 Å². The van der Waals surface area contributed by atoms with Gasteiger partial charge in [0.1, 0.15) is 5.69 Å².